The van der Waals surface area contributed by atoms with Crippen molar-refractivity contribution in [1.29, 1.82) is 5.26 Å². The summed E-state index contributed by atoms with van der Waals surface area (Å²) >= 11 is 0. The Morgan fingerprint density at radius 2 is 1.72 bits per heavy atom. The molecule has 0 aliphatic rings. The zero-order valence-corrected chi connectivity index (χ0v) is 25.5. The first-order chi connectivity index (χ1) is 18.4. The van der Waals surface area contributed by atoms with Crippen LogP contribution in [0.3, 0.4) is 0 Å². The summed E-state index contributed by atoms with van der Waals surface area (Å²) in [5.74, 6) is 1.70. The zero-order chi connectivity index (χ0) is 29.3. The van der Waals surface area contributed by atoms with Gasteiger partial charge in [0.15, 0.2) is 5.78 Å². The summed E-state index contributed by atoms with van der Waals surface area (Å²) in [6.45, 7) is 16.8. The first kappa shape index (κ1) is 32.0. The van der Waals surface area contributed by atoms with Crippen LogP contribution in [0.5, 0.6) is 0 Å². The number of nitriles is 1. The molecule has 0 saturated heterocycles. The molecule has 5 nitrogen and oxygen atoms in total. The second kappa shape index (κ2) is 14.2. The van der Waals surface area contributed by atoms with Crippen molar-refractivity contribution in [3.63, 3.8) is 0 Å². The fourth-order valence-corrected chi connectivity index (χ4v) is 5.06. The molecule has 3 rings (SSSR count). The highest BCUT2D eigenvalue weighted by atomic mass is 16.1. The second-order valence-electron chi connectivity index (χ2n) is 12.0. The van der Waals surface area contributed by atoms with E-state index >= 15 is 0 Å². The van der Waals surface area contributed by atoms with E-state index in [4.69, 9.17) is 10.7 Å². The van der Waals surface area contributed by atoms with E-state index < -0.39 is 0 Å². The Labute approximate surface area is 238 Å². The molecule has 0 amide bonds. The van der Waals surface area contributed by atoms with E-state index in [1.807, 2.05) is 40.0 Å². The molecule has 2 aromatic carbocycles. The van der Waals surface area contributed by atoms with Gasteiger partial charge in [-0.2, -0.15) is 5.26 Å². The number of nitrogens with zero attached hydrogens (tertiary/aromatic N) is 3. The van der Waals surface area contributed by atoms with Crippen molar-refractivity contribution in [3.05, 3.63) is 76.7 Å². The number of benzene rings is 2. The summed E-state index contributed by atoms with van der Waals surface area (Å²) in [4.78, 5) is 18.1. The molecule has 0 radical (unpaired) electrons. The predicted octanol–water partition coefficient (Wildman–Crippen LogP) is 7.90. The molecule has 0 bridgehead atoms. The maximum absolute atomic E-state index is 13.2. The number of hydrogen-bond acceptors (Lipinski definition) is 4. The molecular formula is C34H50N4O. The third kappa shape index (κ3) is 9.18. The highest BCUT2D eigenvalue weighted by molar-refractivity contribution is 5.96. The Balaban J connectivity index is 0.00000261. The van der Waals surface area contributed by atoms with Crippen molar-refractivity contribution in [3.8, 4) is 17.3 Å². The number of aryl methyl sites for hydroxylation is 1. The van der Waals surface area contributed by atoms with Crippen LogP contribution in [0.2, 0.25) is 0 Å². The Morgan fingerprint density at radius 3 is 2.23 bits per heavy atom. The van der Waals surface area contributed by atoms with Crippen LogP contribution < -0.4 is 5.73 Å². The van der Waals surface area contributed by atoms with Gasteiger partial charge in [0.05, 0.1) is 17.3 Å². The molecule has 1 unspecified atom stereocenters. The molecule has 1 aromatic heterocycles. The van der Waals surface area contributed by atoms with Crippen LogP contribution in [-0.2, 0) is 25.3 Å². The average molecular weight is 531 g/mol. The summed E-state index contributed by atoms with van der Waals surface area (Å²) in [5.41, 5.74) is 11.6. The lowest BCUT2D eigenvalue weighted by atomic mass is 9.86. The van der Waals surface area contributed by atoms with E-state index in [0.29, 0.717) is 23.5 Å². The van der Waals surface area contributed by atoms with Crippen LogP contribution in [0.25, 0.3) is 11.3 Å². The summed E-state index contributed by atoms with van der Waals surface area (Å²) in [7, 11) is 2.04. The van der Waals surface area contributed by atoms with E-state index in [0.717, 1.165) is 41.9 Å². The number of imidazole rings is 1. The van der Waals surface area contributed by atoms with Gasteiger partial charge in [-0.3, -0.25) is 4.79 Å². The van der Waals surface area contributed by atoms with Crippen molar-refractivity contribution in [1.82, 2.24) is 9.55 Å². The van der Waals surface area contributed by atoms with Crippen molar-refractivity contribution in [2.24, 2.45) is 24.6 Å². The minimum Gasteiger partial charge on any atom is -0.337 e. The van der Waals surface area contributed by atoms with E-state index in [9.17, 15) is 10.1 Å². The first-order valence-corrected chi connectivity index (χ1v) is 14.3. The lowest BCUT2D eigenvalue weighted by molar-refractivity contribution is 0.0957. The van der Waals surface area contributed by atoms with Crippen LogP contribution >= 0.6 is 0 Å². The molecule has 0 aliphatic carbocycles. The Hall–Kier alpha value is -3.23. The highest BCUT2D eigenvalue weighted by Crippen LogP contribution is 2.27. The molecule has 2 atom stereocenters. The van der Waals surface area contributed by atoms with Gasteiger partial charge in [-0.15, -0.1) is 0 Å². The average Bonchev–Trinajstić information content (AvgIpc) is 3.27. The molecule has 0 aliphatic heterocycles. The van der Waals surface area contributed by atoms with Crippen LogP contribution in [-0.4, -0.2) is 21.4 Å². The largest absolute Gasteiger partial charge is 0.337 e. The maximum atomic E-state index is 13.2. The molecule has 212 valence electrons. The fraction of sp³-hybridized carbons (Fsp3) is 0.500. The van der Waals surface area contributed by atoms with Crippen LogP contribution in [0.15, 0.2) is 48.7 Å². The number of hydrogen-bond donors (Lipinski definition) is 1. The van der Waals surface area contributed by atoms with Crippen molar-refractivity contribution in [2.75, 3.05) is 0 Å². The summed E-state index contributed by atoms with van der Waals surface area (Å²) < 4.78 is 2.10. The summed E-state index contributed by atoms with van der Waals surface area (Å²) in [5, 5.41) is 9.61. The van der Waals surface area contributed by atoms with Crippen molar-refractivity contribution in [2.45, 2.75) is 92.5 Å². The molecule has 5 heteroatoms. The monoisotopic (exact) mass is 530 g/mol. The van der Waals surface area contributed by atoms with Crippen LogP contribution in [0, 0.1) is 23.2 Å². The predicted molar refractivity (Wildman–Crippen MR) is 165 cm³/mol. The normalized spacial score (nSPS) is 12.9. The lowest BCUT2D eigenvalue weighted by Gasteiger charge is -2.19. The number of nitrogens with two attached hydrogens (primary N) is 1. The maximum Gasteiger partial charge on any atom is 0.163 e. The van der Waals surface area contributed by atoms with Crippen LogP contribution in [0.1, 0.15) is 103 Å². The van der Waals surface area contributed by atoms with E-state index in [1.165, 1.54) is 5.56 Å². The Kier molecular flexibility index (Phi) is 11.7. The van der Waals surface area contributed by atoms with Gasteiger partial charge in [0.2, 0.25) is 0 Å². The van der Waals surface area contributed by atoms with Gasteiger partial charge in [-0.25, -0.2) is 4.98 Å². The third-order valence-corrected chi connectivity index (χ3v) is 6.68. The molecule has 1 heterocycles. The Bertz CT molecular complexity index is 1260. The molecule has 0 saturated carbocycles. The number of carbonyl (C=O) groups is 1. The summed E-state index contributed by atoms with van der Waals surface area (Å²) in [6, 6.07) is 16.3. The first-order valence-electron chi connectivity index (χ1n) is 14.3. The third-order valence-electron chi connectivity index (χ3n) is 6.68. The Morgan fingerprint density at radius 1 is 1.08 bits per heavy atom. The van der Waals surface area contributed by atoms with Crippen LogP contribution in [0.4, 0.5) is 0 Å². The molecule has 0 spiro atoms. The number of aromatic nitrogens is 2. The van der Waals surface area contributed by atoms with Crippen molar-refractivity contribution >= 4 is 5.78 Å². The molecule has 39 heavy (non-hydrogen) atoms. The molecular weight excluding hydrogens is 480 g/mol. The van der Waals surface area contributed by atoms with E-state index in [1.54, 1.807) is 6.07 Å². The second-order valence-corrected chi connectivity index (χ2v) is 12.0. The minimum atomic E-state index is -0.0195. The van der Waals surface area contributed by atoms with E-state index in [2.05, 4.69) is 75.7 Å². The fourth-order valence-electron chi connectivity index (χ4n) is 5.06. The van der Waals surface area contributed by atoms with E-state index in [-0.39, 0.29) is 24.6 Å². The smallest absolute Gasteiger partial charge is 0.163 e. The molecule has 3 aromatic rings. The number of ketones is 1. The summed E-state index contributed by atoms with van der Waals surface area (Å²) in [6.07, 6.45) is 4.86. The number of carbonyl (C=O) groups excluding carboxylic acids is 1. The van der Waals surface area contributed by atoms with Gasteiger partial charge >= 0.3 is 0 Å². The molecule has 2 N–H and O–H groups in total. The van der Waals surface area contributed by atoms with Gasteiger partial charge < -0.3 is 10.3 Å². The van der Waals surface area contributed by atoms with Gasteiger partial charge in [0, 0.05) is 43.7 Å². The zero-order valence-electron chi connectivity index (χ0n) is 25.5. The SMILES string of the molecule is CC.CC(C)Cc1ccc(C(=O)C[C@@H](Cc2ccc(-c3cn(C)c(C(C)(C)C)n3)cc2)CC(C)N)cc1C#N.[HH]. The highest BCUT2D eigenvalue weighted by Gasteiger charge is 2.21. The number of Topliss-reactive ketones (excluding diaryl/α,β-unsaturated/α-hetero) is 1. The topological polar surface area (TPSA) is 84.7 Å². The van der Waals surface area contributed by atoms with Gasteiger partial charge in [0.1, 0.15) is 5.82 Å². The molecule has 0 fully saturated rings. The number of rotatable bonds is 10. The standard InChI is InChI=1S/C32H42N4O.C2H6.H2/c1-21(2)14-26-12-13-27(18-28(26)19-33)30(37)17-24(15-22(3)34)16-23-8-10-25(11-9-23)29-20-36(7)31(35-29)32(4,5)6;1-2;/h8-13,18,20-22,24H,14-17,34H2,1-7H3;1-2H3;1H/t22?,24-;;/m1../s1. The lowest BCUT2D eigenvalue weighted by Crippen LogP contribution is -2.23. The van der Waals surface area contributed by atoms with Gasteiger partial charge in [-0.1, -0.05) is 84.9 Å². The van der Waals surface area contributed by atoms with Gasteiger partial charge in [-0.05, 0) is 55.2 Å². The van der Waals surface area contributed by atoms with Gasteiger partial charge in [0.25, 0.3) is 0 Å². The quantitative estimate of drug-likeness (QED) is 0.270. The minimum absolute atomic E-state index is 0. The van der Waals surface area contributed by atoms with Crippen molar-refractivity contribution < 1.29 is 6.22 Å².